The number of carbonyl (C=O) groups is 1. The summed E-state index contributed by atoms with van der Waals surface area (Å²) in [6.07, 6.45) is 3.38. The van der Waals surface area contributed by atoms with E-state index in [0.717, 1.165) is 12.2 Å². The maximum atomic E-state index is 12.2. The fraction of sp³-hybridized carbons (Fsp3) is 0.538. The van der Waals surface area contributed by atoms with Gasteiger partial charge in [0.2, 0.25) is 0 Å². The summed E-state index contributed by atoms with van der Waals surface area (Å²) in [5.41, 5.74) is 1.53. The predicted molar refractivity (Wildman–Crippen MR) is 70.8 cm³/mol. The smallest absolute Gasteiger partial charge is 0.173 e. The summed E-state index contributed by atoms with van der Waals surface area (Å²) >= 11 is 0. The van der Waals surface area contributed by atoms with Crippen LogP contribution in [0.5, 0.6) is 0 Å². The zero-order chi connectivity index (χ0) is 14.0. The summed E-state index contributed by atoms with van der Waals surface area (Å²) in [6, 6.07) is 0. The topological polar surface area (TPSA) is 65.6 Å². The molecule has 0 saturated heterocycles. The molecule has 2 aromatic heterocycles. The van der Waals surface area contributed by atoms with Gasteiger partial charge in [0, 0.05) is 19.3 Å². The van der Waals surface area contributed by atoms with Gasteiger partial charge in [-0.15, -0.1) is 0 Å². The lowest BCUT2D eigenvalue weighted by Gasteiger charge is -2.07. The van der Waals surface area contributed by atoms with Gasteiger partial charge in [-0.3, -0.25) is 9.48 Å². The Morgan fingerprint density at radius 1 is 1.37 bits per heavy atom. The lowest BCUT2D eigenvalue weighted by Crippen LogP contribution is -2.14. The van der Waals surface area contributed by atoms with Gasteiger partial charge in [0.15, 0.2) is 5.78 Å². The Morgan fingerprint density at radius 2 is 2.11 bits per heavy atom. The molecule has 2 rings (SSSR count). The molecule has 6 nitrogen and oxygen atoms in total. The number of ketones is 1. The normalized spacial score (nSPS) is 11.2. The second kappa shape index (κ2) is 5.34. The monoisotopic (exact) mass is 261 g/mol. The van der Waals surface area contributed by atoms with Crippen LogP contribution >= 0.6 is 0 Å². The van der Waals surface area contributed by atoms with Gasteiger partial charge >= 0.3 is 0 Å². The molecule has 0 aliphatic carbocycles. The van der Waals surface area contributed by atoms with Crippen LogP contribution in [-0.2, 0) is 20.0 Å². The van der Waals surface area contributed by atoms with E-state index in [1.54, 1.807) is 15.6 Å². The Balaban J connectivity index is 2.15. The second-order valence-electron chi connectivity index (χ2n) is 5.12. The van der Waals surface area contributed by atoms with Gasteiger partial charge in [-0.2, -0.15) is 10.2 Å². The molecule has 0 radical (unpaired) electrons. The molecule has 19 heavy (non-hydrogen) atoms. The van der Waals surface area contributed by atoms with E-state index < -0.39 is 0 Å². The van der Waals surface area contributed by atoms with Crippen molar-refractivity contribution in [1.82, 2.24) is 24.5 Å². The van der Waals surface area contributed by atoms with Crippen LogP contribution < -0.4 is 0 Å². The molecular formula is C13H19N5O. The maximum Gasteiger partial charge on any atom is 0.173 e. The third-order valence-corrected chi connectivity index (χ3v) is 3.09. The molecular weight excluding hydrogens is 242 g/mol. The second-order valence-corrected chi connectivity index (χ2v) is 5.12. The summed E-state index contributed by atoms with van der Waals surface area (Å²) < 4.78 is 3.50. The number of nitrogens with zero attached hydrogens (tertiary/aromatic N) is 5. The number of rotatable bonds is 5. The first-order valence-electron chi connectivity index (χ1n) is 6.37. The van der Waals surface area contributed by atoms with Gasteiger partial charge in [0.05, 0.1) is 18.2 Å². The molecule has 2 heterocycles. The van der Waals surface area contributed by atoms with Crippen LogP contribution in [0.3, 0.4) is 0 Å². The molecule has 0 amide bonds. The standard InChI is InChI=1S/C13H19N5O/c1-9(2)7-18-13(14-8-16-18)5-12(19)11-6-15-17(4)10(11)3/h6,8-9H,5,7H2,1-4H3. The lowest BCUT2D eigenvalue weighted by atomic mass is 10.1. The van der Waals surface area contributed by atoms with Crippen molar-refractivity contribution < 1.29 is 4.79 Å². The third kappa shape index (κ3) is 2.89. The van der Waals surface area contributed by atoms with Crippen LogP contribution in [0.25, 0.3) is 0 Å². The average Bonchev–Trinajstić information content (AvgIpc) is 2.88. The van der Waals surface area contributed by atoms with Crippen molar-refractivity contribution in [2.45, 2.75) is 33.7 Å². The van der Waals surface area contributed by atoms with E-state index in [1.807, 2.05) is 14.0 Å². The number of aromatic nitrogens is 5. The highest BCUT2D eigenvalue weighted by atomic mass is 16.1. The number of Topliss-reactive ketones (excluding diaryl/α,β-unsaturated/α-hetero) is 1. The summed E-state index contributed by atoms with van der Waals surface area (Å²) in [6.45, 7) is 6.88. The fourth-order valence-electron chi connectivity index (χ4n) is 1.93. The number of hydrogen-bond donors (Lipinski definition) is 0. The molecule has 0 unspecified atom stereocenters. The molecule has 0 aliphatic rings. The van der Waals surface area contributed by atoms with Crippen LogP contribution in [0.2, 0.25) is 0 Å². The Hall–Kier alpha value is -1.98. The zero-order valence-electron chi connectivity index (χ0n) is 11.8. The van der Waals surface area contributed by atoms with E-state index in [0.29, 0.717) is 17.3 Å². The van der Waals surface area contributed by atoms with E-state index in [-0.39, 0.29) is 12.2 Å². The molecule has 0 fully saturated rings. The Labute approximate surface area is 112 Å². The molecule has 0 aromatic carbocycles. The quantitative estimate of drug-likeness (QED) is 0.763. The SMILES string of the molecule is Cc1c(C(=O)Cc2ncnn2CC(C)C)cnn1C. The highest BCUT2D eigenvalue weighted by Gasteiger charge is 2.16. The molecule has 2 aromatic rings. The van der Waals surface area contributed by atoms with E-state index in [4.69, 9.17) is 0 Å². The van der Waals surface area contributed by atoms with Crippen LogP contribution in [-0.4, -0.2) is 30.3 Å². The molecule has 102 valence electrons. The highest BCUT2D eigenvalue weighted by Crippen LogP contribution is 2.10. The molecule has 0 aliphatic heterocycles. The first-order chi connectivity index (χ1) is 8.99. The van der Waals surface area contributed by atoms with Crippen molar-refractivity contribution in [1.29, 1.82) is 0 Å². The molecule has 0 N–H and O–H groups in total. The van der Waals surface area contributed by atoms with E-state index in [2.05, 4.69) is 29.0 Å². The van der Waals surface area contributed by atoms with Crippen molar-refractivity contribution in [2.24, 2.45) is 13.0 Å². The van der Waals surface area contributed by atoms with Gasteiger partial charge in [-0.25, -0.2) is 9.67 Å². The maximum absolute atomic E-state index is 12.2. The summed E-state index contributed by atoms with van der Waals surface area (Å²) in [4.78, 5) is 16.4. The van der Waals surface area contributed by atoms with Gasteiger partial charge in [-0.05, 0) is 12.8 Å². The van der Waals surface area contributed by atoms with Gasteiger partial charge in [-0.1, -0.05) is 13.8 Å². The minimum Gasteiger partial charge on any atom is -0.294 e. The van der Waals surface area contributed by atoms with Crippen molar-refractivity contribution in [3.63, 3.8) is 0 Å². The third-order valence-electron chi connectivity index (χ3n) is 3.09. The number of aryl methyl sites for hydroxylation is 1. The van der Waals surface area contributed by atoms with Crippen molar-refractivity contribution in [3.05, 3.63) is 29.6 Å². The first kappa shape index (κ1) is 13.5. The minimum atomic E-state index is 0.0311. The lowest BCUT2D eigenvalue weighted by molar-refractivity contribution is 0.0988. The Morgan fingerprint density at radius 3 is 2.68 bits per heavy atom. The van der Waals surface area contributed by atoms with E-state index in [1.165, 1.54) is 6.33 Å². The van der Waals surface area contributed by atoms with Crippen LogP contribution in [0, 0.1) is 12.8 Å². The molecule has 0 saturated carbocycles. The van der Waals surface area contributed by atoms with Crippen LogP contribution in [0.15, 0.2) is 12.5 Å². The van der Waals surface area contributed by atoms with Gasteiger partial charge < -0.3 is 0 Å². The minimum absolute atomic E-state index is 0.0311. The van der Waals surface area contributed by atoms with Crippen LogP contribution in [0.4, 0.5) is 0 Å². The predicted octanol–water partition coefficient (Wildman–Crippen LogP) is 1.40. The van der Waals surface area contributed by atoms with Crippen molar-refractivity contribution in [2.75, 3.05) is 0 Å². The highest BCUT2D eigenvalue weighted by molar-refractivity contribution is 5.97. The van der Waals surface area contributed by atoms with Crippen molar-refractivity contribution in [3.8, 4) is 0 Å². The van der Waals surface area contributed by atoms with Gasteiger partial charge in [0.25, 0.3) is 0 Å². The van der Waals surface area contributed by atoms with Crippen LogP contribution in [0.1, 0.15) is 35.7 Å². The largest absolute Gasteiger partial charge is 0.294 e. The van der Waals surface area contributed by atoms with Gasteiger partial charge in [0.1, 0.15) is 12.2 Å². The molecule has 0 bridgehead atoms. The zero-order valence-corrected chi connectivity index (χ0v) is 11.8. The van der Waals surface area contributed by atoms with Crippen molar-refractivity contribution >= 4 is 5.78 Å². The number of hydrogen-bond acceptors (Lipinski definition) is 4. The van der Waals surface area contributed by atoms with E-state index in [9.17, 15) is 4.79 Å². The first-order valence-corrected chi connectivity index (χ1v) is 6.37. The summed E-state index contributed by atoms with van der Waals surface area (Å²) in [5, 5.41) is 8.25. The molecule has 6 heteroatoms. The molecule has 0 spiro atoms. The molecule has 0 atom stereocenters. The number of carbonyl (C=O) groups excluding carboxylic acids is 1. The Bertz CT molecular complexity index is 582. The average molecular weight is 261 g/mol. The Kier molecular flexibility index (Phi) is 3.78. The van der Waals surface area contributed by atoms with E-state index >= 15 is 0 Å². The fourth-order valence-corrected chi connectivity index (χ4v) is 1.93. The summed E-state index contributed by atoms with van der Waals surface area (Å²) in [5.74, 6) is 1.21. The summed E-state index contributed by atoms with van der Waals surface area (Å²) in [7, 11) is 1.83.